The van der Waals surface area contributed by atoms with Crippen LogP contribution in [0.5, 0.6) is 0 Å². The highest BCUT2D eigenvalue weighted by Crippen LogP contribution is 2.21. The van der Waals surface area contributed by atoms with Crippen molar-refractivity contribution in [3.8, 4) is 0 Å². The van der Waals surface area contributed by atoms with Gasteiger partial charge in [0, 0.05) is 0 Å². The maximum Gasteiger partial charge on any atom is 0.326 e. The van der Waals surface area contributed by atoms with E-state index in [0.717, 1.165) is 0 Å². The summed E-state index contributed by atoms with van der Waals surface area (Å²) in [5.74, 6) is 0. The number of quaternary nitrogens is 1. The number of fused-ring (bicyclic) bond motifs is 1. The monoisotopic (exact) mass is 460 g/mol. The summed E-state index contributed by atoms with van der Waals surface area (Å²) in [6.07, 6.45) is 11.1. The molecule has 0 aliphatic heterocycles. The van der Waals surface area contributed by atoms with Crippen molar-refractivity contribution in [2.24, 2.45) is 0 Å². The van der Waals surface area contributed by atoms with E-state index in [4.69, 9.17) is 12.2 Å². The molecule has 5 nitrogen and oxygen atoms in total. The highest BCUT2D eigenvalue weighted by molar-refractivity contribution is 7.77. The van der Waals surface area contributed by atoms with Crippen molar-refractivity contribution in [1.29, 1.82) is 0 Å². The normalized spacial score (nSPS) is 11.4. The maximum absolute atomic E-state index is 11.1. The largest absolute Gasteiger partial charge is 0.326 e. The van der Waals surface area contributed by atoms with E-state index in [-0.39, 0.29) is 5.56 Å². The first-order valence-corrected chi connectivity index (χ1v) is 13.1. The highest BCUT2D eigenvalue weighted by Gasteiger charge is 2.24. The van der Waals surface area contributed by atoms with Crippen LogP contribution in [0.4, 0.5) is 0 Å². The predicted molar refractivity (Wildman–Crippen MR) is 131 cm³/mol. The topological polar surface area (TPSA) is 65.7 Å². The Bertz CT molecular complexity index is 829. The molecule has 0 spiro atoms. The molecule has 0 unspecified atom stereocenters. The van der Waals surface area contributed by atoms with E-state index < -0.39 is 5.69 Å². The molecule has 2 aromatic rings. The highest BCUT2D eigenvalue weighted by atomic mass is 32.2. The van der Waals surface area contributed by atoms with Gasteiger partial charge in [0.2, 0.25) is 0 Å². The number of nitrogens with one attached hydrogen (secondary N) is 2. The summed E-state index contributed by atoms with van der Waals surface area (Å²) in [6, 6.07) is 0. The van der Waals surface area contributed by atoms with Gasteiger partial charge in [-0.15, -0.1) is 11.3 Å². The number of H-pyrrole nitrogens is 2. The quantitative estimate of drug-likeness (QED) is 0.298. The lowest BCUT2D eigenvalue weighted by Crippen LogP contribution is -2.50. The molecule has 0 aromatic carbocycles. The lowest BCUT2D eigenvalue weighted by Gasteiger charge is -2.39. The second kappa shape index (κ2) is 14.2. The molecule has 2 N–H and O–H groups in total. The van der Waals surface area contributed by atoms with E-state index in [2.05, 4.69) is 37.7 Å². The van der Waals surface area contributed by atoms with Crippen LogP contribution in [-0.2, 0) is 0 Å². The summed E-state index contributed by atoms with van der Waals surface area (Å²) in [5.41, 5.74) is -0.859. The number of aromatic nitrogens is 2. The van der Waals surface area contributed by atoms with Gasteiger partial charge in [0.15, 0.2) is 0 Å². The van der Waals surface area contributed by atoms with Gasteiger partial charge >= 0.3 is 5.69 Å². The molecule has 0 aliphatic carbocycles. The molecule has 29 heavy (non-hydrogen) atoms. The fraction of sp³-hybridized carbons (Fsp3) is 0.762. The number of nitrogens with zero attached hydrogens (tertiary/aromatic N) is 1. The van der Waals surface area contributed by atoms with Gasteiger partial charge < -0.3 is 4.48 Å². The number of hydrogen-bond acceptors (Lipinski definition) is 5. The molecule has 0 atom stereocenters. The molecule has 0 saturated carbocycles. The van der Waals surface area contributed by atoms with Gasteiger partial charge in [0.1, 0.15) is 12.7 Å². The van der Waals surface area contributed by atoms with Gasteiger partial charge in [-0.05, 0) is 25.7 Å². The minimum Gasteiger partial charge on any atom is -0.324 e. The molecule has 8 heteroatoms. The van der Waals surface area contributed by atoms with E-state index in [9.17, 15) is 9.59 Å². The molecule has 0 amide bonds. The van der Waals surface area contributed by atoms with Gasteiger partial charge in [-0.2, -0.15) is 0 Å². The van der Waals surface area contributed by atoms with E-state index in [1.165, 1.54) is 105 Å². The molecule has 0 aliphatic rings. The standard InChI is InChI=1S/C16H36N.C5H2N2O2S3/c1-5-9-13-17(14-10-6-2,15-11-7-3)16-12-8-4;8-2-1-3(7-4(9)6-2)12-5(10)11-1/h5-16H2,1-4H3;(H2,6,7,8,9)/q+1;. The van der Waals surface area contributed by atoms with Crippen molar-refractivity contribution in [2.75, 3.05) is 26.2 Å². The van der Waals surface area contributed by atoms with E-state index in [0.29, 0.717) is 12.7 Å². The van der Waals surface area contributed by atoms with Crippen LogP contribution in [0.3, 0.4) is 0 Å². The average molecular weight is 461 g/mol. The van der Waals surface area contributed by atoms with Gasteiger partial charge in [-0.3, -0.25) is 14.8 Å². The molecule has 2 heterocycles. The summed E-state index contributed by atoms with van der Waals surface area (Å²) in [6.45, 7) is 15.0. The predicted octanol–water partition coefficient (Wildman–Crippen LogP) is 6.07. The number of unbranched alkanes of at least 4 members (excludes halogenated alkanes) is 4. The lowest BCUT2D eigenvalue weighted by molar-refractivity contribution is -0.929. The van der Waals surface area contributed by atoms with Crippen molar-refractivity contribution in [2.45, 2.75) is 79.1 Å². The first kappa shape index (κ1) is 26.2. The van der Waals surface area contributed by atoms with Crippen molar-refractivity contribution < 1.29 is 4.48 Å². The summed E-state index contributed by atoms with van der Waals surface area (Å²) in [4.78, 5) is 27.1. The number of hydrogen-bond donors (Lipinski definition) is 2. The summed E-state index contributed by atoms with van der Waals surface area (Å²) < 4.78 is 2.55. The molecule has 2 aromatic heterocycles. The first-order chi connectivity index (χ1) is 13.9. The van der Waals surface area contributed by atoms with Crippen molar-refractivity contribution in [1.82, 2.24) is 9.97 Å². The molecule has 0 bridgehead atoms. The van der Waals surface area contributed by atoms with Gasteiger partial charge in [-0.25, -0.2) is 4.79 Å². The Morgan fingerprint density at radius 2 is 1.21 bits per heavy atom. The summed E-state index contributed by atoms with van der Waals surface area (Å²) in [7, 11) is 0. The maximum atomic E-state index is 11.1. The Balaban J connectivity index is 0.000000304. The van der Waals surface area contributed by atoms with Crippen LogP contribution in [-0.4, -0.2) is 40.6 Å². The third kappa shape index (κ3) is 9.24. The minimum atomic E-state index is -0.489. The van der Waals surface area contributed by atoms with Crippen molar-refractivity contribution >= 4 is 44.4 Å². The Labute approximate surface area is 187 Å². The summed E-state index contributed by atoms with van der Waals surface area (Å²) in [5, 5.41) is 0. The van der Waals surface area contributed by atoms with Gasteiger partial charge in [0.05, 0.1) is 26.2 Å². The summed E-state index contributed by atoms with van der Waals surface area (Å²) >= 11 is 7.32. The van der Waals surface area contributed by atoms with Crippen LogP contribution in [0.25, 0.3) is 9.53 Å². The zero-order valence-electron chi connectivity index (χ0n) is 18.5. The second-order valence-corrected chi connectivity index (χ2v) is 10.9. The van der Waals surface area contributed by atoms with Crippen LogP contribution >= 0.6 is 34.9 Å². The average Bonchev–Trinajstić information content (AvgIpc) is 3.08. The second-order valence-electron chi connectivity index (χ2n) is 7.67. The van der Waals surface area contributed by atoms with Gasteiger partial charge in [0.25, 0.3) is 5.56 Å². The smallest absolute Gasteiger partial charge is 0.324 e. The van der Waals surface area contributed by atoms with E-state index in [1.54, 1.807) is 0 Å². The number of rotatable bonds is 12. The molecule has 0 fully saturated rings. The molecule has 0 saturated heterocycles. The Kier molecular flexibility index (Phi) is 12.9. The van der Waals surface area contributed by atoms with Crippen molar-refractivity contribution in [3.63, 3.8) is 0 Å². The van der Waals surface area contributed by atoms with Crippen LogP contribution in [0.15, 0.2) is 9.59 Å². The fourth-order valence-corrected chi connectivity index (χ4v) is 5.82. The molecular weight excluding hydrogens is 422 g/mol. The van der Waals surface area contributed by atoms with Crippen LogP contribution in [0.2, 0.25) is 0 Å². The lowest BCUT2D eigenvalue weighted by atomic mass is 10.1. The van der Waals surface area contributed by atoms with Crippen LogP contribution < -0.4 is 11.2 Å². The number of aromatic amines is 2. The third-order valence-corrected chi connectivity index (χ3v) is 7.75. The van der Waals surface area contributed by atoms with E-state index >= 15 is 0 Å². The van der Waals surface area contributed by atoms with E-state index in [1.807, 2.05) is 0 Å². The molecule has 166 valence electrons. The Morgan fingerprint density at radius 1 is 0.759 bits per heavy atom. The van der Waals surface area contributed by atoms with Gasteiger partial charge in [-0.1, -0.05) is 76.9 Å². The zero-order valence-corrected chi connectivity index (χ0v) is 20.9. The van der Waals surface area contributed by atoms with Crippen molar-refractivity contribution in [3.05, 3.63) is 24.0 Å². The molecule has 2 rings (SSSR count). The Hall–Kier alpha value is -0.830. The fourth-order valence-electron chi connectivity index (χ4n) is 3.45. The third-order valence-electron chi connectivity index (χ3n) is 5.18. The molecular formula is C21H38N3O2S3+. The first-order valence-electron chi connectivity index (χ1n) is 11.0. The Morgan fingerprint density at radius 3 is 1.62 bits per heavy atom. The minimum absolute atomic E-state index is 0.369. The SMILES string of the molecule is CCCC[N+](CCCC)(CCCC)CCCC.O=c1[nH]c(=O)c2sc(=S)sc2[nH]1. The van der Waals surface area contributed by atoms with Crippen LogP contribution in [0.1, 0.15) is 79.1 Å². The van der Waals surface area contributed by atoms with Crippen LogP contribution in [0, 0.1) is 3.14 Å². The zero-order chi connectivity index (χ0) is 21.7. The molecule has 0 radical (unpaired) electrons.